The fourth-order valence-electron chi connectivity index (χ4n) is 2.27. The standard InChI is InChI=1S/C15H17Cl2N3O3/c1-15(2,3)20(14(22)23)12-9(13(21)19-18-12)7-8-5-4-6-10(16)11(8)17/h4-6H,7H2,1-3H3,(H,22,23)(H2,18,19,21). The zero-order valence-corrected chi connectivity index (χ0v) is 14.4. The second-order valence-corrected chi connectivity index (χ2v) is 6.84. The summed E-state index contributed by atoms with van der Waals surface area (Å²) in [6.45, 7) is 5.22. The molecule has 1 heterocycles. The lowest BCUT2D eigenvalue weighted by molar-refractivity contribution is 0.195. The first-order valence-corrected chi connectivity index (χ1v) is 7.60. The van der Waals surface area contributed by atoms with Crippen LogP contribution < -0.4 is 4.90 Å². The third kappa shape index (κ3) is 3.54. The lowest BCUT2D eigenvalue weighted by atomic mass is 10.0. The minimum absolute atomic E-state index is 0.138. The van der Waals surface area contributed by atoms with E-state index in [0.29, 0.717) is 21.2 Å². The number of rotatable bonds is 3. The number of aromatic hydroxyl groups is 1. The van der Waals surface area contributed by atoms with Crippen LogP contribution in [0.3, 0.4) is 0 Å². The van der Waals surface area contributed by atoms with E-state index in [1.807, 2.05) is 0 Å². The average Bonchev–Trinajstić information content (AvgIpc) is 2.75. The first-order chi connectivity index (χ1) is 10.6. The number of anilines is 1. The van der Waals surface area contributed by atoms with Crippen molar-refractivity contribution in [3.8, 4) is 5.88 Å². The average molecular weight is 358 g/mol. The van der Waals surface area contributed by atoms with Crippen LogP contribution in [0, 0.1) is 0 Å². The van der Waals surface area contributed by atoms with Crippen molar-refractivity contribution in [1.29, 1.82) is 0 Å². The van der Waals surface area contributed by atoms with E-state index in [-0.39, 0.29) is 18.1 Å². The van der Waals surface area contributed by atoms with Crippen LogP contribution >= 0.6 is 23.2 Å². The van der Waals surface area contributed by atoms with Gasteiger partial charge in [-0.15, -0.1) is 0 Å². The van der Waals surface area contributed by atoms with E-state index in [9.17, 15) is 15.0 Å². The number of halogens is 2. The van der Waals surface area contributed by atoms with E-state index in [2.05, 4.69) is 10.2 Å². The van der Waals surface area contributed by atoms with Crippen LogP contribution in [0.15, 0.2) is 18.2 Å². The molecule has 0 aliphatic carbocycles. The Labute approximate surface area is 143 Å². The number of amides is 1. The van der Waals surface area contributed by atoms with E-state index in [0.717, 1.165) is 4.90 Å². The number of aromatic nitrogens is 2. The number of nitrogens with one attached hydrogen (secondary N) is 1. The van der Waals surface area contributed by atoms with Crippen LogP contribution in [-0.2, 0) is 6.42 Å². The molecule has 0 fully saturated rings. The number of nitrogens with zero attached hydrogens (tertiary/aromatic N) is 2. The molecule has 0 bridgehead atoms. The number of hydrogen-bond donors (Lipinski definition) is 3. The fourth-order valence-corrected chi connectivity index (χ4v) is 2.65. The molecule has 8 heteroatoms. The molecule has 6 nitrogen and oxygen atoms in total. The van der Waals surface area contributed by atoms with Crippen molar-refractivity contribution in [2.24, 2.45) is 0 Å². The molecule has 1 aromatic carbocycles. The van der Waals surface area contributed by atoms with E-state index in [1.54, 1.807) is 39.0 Å². The number of benzene rings is 1. The fraction of sp³-hybridized carbons (Fsp3) is 0.333. The molecule has 0 radical (unpaired) electrons. The summed E-state index contributed by atoms with van der Waals surface area (Å²) in [6, 6.07) is 5.15. The number of hydrogen-bond acceptors (Lipinski definition) is 3. The summed E-state index contributed by atoms with van der Waals surface area (Å²) in [6.07, 6.45) is -0.973. The van der Waals surface area contributed by atoms with Crippen molar-refractivity contribution in [3.63, 3.8) is 0 Å². The summed E-state index contributed by atoms with van der Waals surface area (Å²) < 4.78 is 0. The summed E-state index contributed by atoms with van der Waals surface area (Å²) in [5, 5.41) is 26.7. The molecule has 23 heavy (non-hydrogen) atoms. The molecule has 1 amide bonds. The molecule has 0 spiro atoms. The lowest BCUT2D eigenvalue weighted by Crippen LogP contribution is -2.45. The van der Waals surface area contributed by atoms with Gasteiger partial charge in [-0.25, -0.2) is 9.89 Å². The third-order valence-corrected chi connectivity index (χ3v) is 4.15. The zero-order valence-electron chi connectivity index (χ0n) is 12.9. The Morgan fingerprint density at radius 3 is 2.57 bits per heavy atom. The second kappa shape index (κ2) is 6.29. The molecule has 2 aromatic rings. The zero-order chi connectivity index (χ0) is 17.4. The van der Waals surface area contributed by atoms with Crippen LogP contribution in [0.2, 0.25) is 10.0 Å². The highest BCUT2D eigenvalue weighted by Gasteiger charge is 2.33. The molecule has 0 aliphatic rings. The van der Waals surface area contributed by atoms with Crippen molar-refractivity contribution < 1.29 is 15.0 Å². The van der Waals surface area contributed by atoms with E-state index < -0.39 is 11.6 Å². The van der Waals surface area contributed by atoms with Crippen LogP contribution in [0.5, 0.6) is 5.88 Å². The van der Waals surface area contributed by atoms with E-state index in [4.69, 9.17) is 23.2 Å². The van der Waals surface area contributed by atoms with Gasteiger partial charge in [0.2, 0.25) is 5.88 Å². The van der Waals surface area contributed by atoms with Crippen LogP contribution in [0.1, 0.15) is 31.9 Å². The second-order valence-electron chi connectivity index (χ2n) is 6.05. The normalized spacial score (nSPS) is 11.5. The highest BCUT2D eigenvalue weighted by Crippen LogP contribution is 2.35. The van der Waals surface area contributed by atoms with Gasteiger partial charge in [-0.1, -0.05) is 35.3 Å². The largest absolute Gasteiger partial charge is 0.493 e. The van der Waals surface area contributed by atoms with Gasteiger partial charge in [-0.05, 0) is 32.4 Å². The van der Waals surface area contributed by atoms with Crippen LogP contribution in [0.25, 0.3) is 0 Å². The van der Waals surface area contributed by atoms with Crippen LogP contribution in [0.4, 0.5) is 10.6 Å². The maximum Gasteiger partial charge on any atom is 0.413 e. The SMILES string of the molecule is CC(C)(C)N(C(=O)O)c1n[nH]c(O)c1Cc1cccc(Cl)c1Cl. The summed E-state index contributed by atoms with van der Waals surface area (Å²) in [5.74, 6) is -0.0647. The Balaban J connectivity index is 2.50. The maximum absolute atomic E-state index is 11.6. The molecule has 0 saturated heterocycles. The molecule has 2 rings (SSSR count). The Morgan fingerprint density at radius 1 is 1.35 bits per heavy atom. The summed E-state index contributed by atoms with van der Waals surface area (Å²) in [4.78, 5) is 12.7. The van der Waals surface area contributed by atoms with E-state index in [1.165, 1.54) is 0 Å². The Kier molecular flexibility index (Phi) is 4.77. The molecule has 124 valence electrons. The molecule has 0 unspecified atom stereocenters. The molecule has 1 aromatic heterocycles. The number of H-pyrrole nitrogens is 1. The monoisotopic (exact) mass is 357 g/mol. The van der Waals surface area contributed by atoms with Gasteiger partial charge in [-0.2, -0.15) is 5.10 Å². The molecule has 3 N–H and O–H groups in total. The van der Waals surface area contributed by atoms with Gasteiger partial charge in [0.25, 0.3) is 0 Å². The molecule has 0 aliphatic heterocycles. The maximum atomic E-state index is 11.6. The van der Waals surface area contributed by atoms with Gasteiger partial charge in [0.1, 0.15) is 0 Å². The smallest absolute Gasteiger partial charge is 0.413 e. The van der Waals surface area contributed by atoms with Gasteiger partial charge in [0, 0.05) is 12.0 Å². The predicted octanol–water partition coefficient (Wildman–Crippen LogP) is 4.30. The molecular formula is C15H17Cl2N3O3. The Morgan fingerprint density at radius 2 is 2.00 bits per heavy atom. The topological polar surface area (TPSA) is 89.5 Å². The van der Waals surface area contributed by atoms with Crippen molar-refractivity contribution in [3.05, 3.63) is 39.4 Å². The molecule has 0 atom stereocenters. The van der Waals surface area contributed by atoms with Crippen molar-refractivity contribution >= 4 is 35.1 Å². The van der Waals surface area contributed by atoms with Crippen LogP contribution in [-0.4, -0.2) is 32.0 Å². The number of aromatic amines is 1. The number of carbonyl (C=O) groups is 1. The van der Waals surface area contributed by atoms with Gasteiger partial charge < -0.3 is 10.2 Å². The first kappa shape index (κ1) is 17.4. The molecular weight excluding hydrogens is 341 g/mol. The van der Waals surface area contributed by atoms with Crippen molar-refractivity contribution in [2.75, 3.05) is 4.90 Å². The minimum Gasteiger partial charge on any atom is -0.493 e. The van der Waals surface area contributed by atoms with Crippen molar-refractivity contribution in [2.45, 2.75) is 32.7 Å². The minimum atomic E-state index is -1.16. The van der Waals surface area contributed by atoms with E-state index >= 15 is 0 Å². The highest BCUT2D eigenvalue weighted by molar-refractivity contribution is 6.42. The van der Waals surface area contributed by atoms with Gasteiger partial charge in [0.05, 0.1) is 15.6 Å². The van der Waals surface area contributed by atoms with Crippen molar-refractivity contribution in [1.82, 2.24) is 10.2 Å². The summed E-state index contributed by atoms with van der Waals surface area (Å²) >= 11 is 12.2. The summed E-state index contributed by atoms with van der Waals surface area (Å²) in [7, 11) is 0. The highest BCUT2D eigenvalue weighted by atomic mass is 35.5. The third-order valence-electron chi connectivity index (χ3n) is 3.30. The van der Waals surface area contributed by atoms with Gasteiger partial charge in [-0.3, -0.25) is 4.90 Å². The quantitative estimate of drug-likeness (QED) is 0.763. The molecule has 0 saturated carbocycles. The lowest BCUT2D eigenvalue weighted by Gasteiger charge is -2.31. The summed E-state index contributed by atoms with van der Waals surface area (Å²) in [5.41, 5.74) is 0.267. The number of carboxylic acid groups (broad SMARTS) is 1. The first-order valence-electron chi connectivity index (χ1n) is 6.85. The Bertz CT molecular complexity index is 738. The predicted molar refractivity (Wildman–Crippen MR) is 89.8 cm³/mol. The van der Waals surface area contributed by atoms with Gasteiger partial charge >= 0.3 is 6.09 Å². The Hall–Kier alpha value is -1.92. The van der Waals surface area contributed by atoms with Gasteiger partial charge in [0.15, 0.2) is 5.82 Å².